The Morgan fingerprint density at radius 2 is 1.74 bits per heavy atom. The number of H-pyrrole nitrogens is 1. The van der Waals surface area contributed by atoms with E-state index in [1.165, 1.54) is 16.9 Å². The van der Waals surface area contributed by atoms with E-state index in [0.29, 0.717) is 34.8 Å². The lowest BCUT2D eigenvalue weighted by Crippen LogP contribution is -2.09. The fourth-order valence-corrected chi connectivity index (χ4v) is 3.22. The number of aryl methyl sites for hydroxylation is 1. The first-order chi connectivity index (χ1) is 12.2. The van der Waals surface area contributed by atoms with Crippen LogP contribution in [0.2, 0.25) is 0 Å². The number of hydrogen-bond donors (Lipinski definition) is 1. The van der Waals surface area contributed by atoms with Crippen LogP contribution in [0.3, 0.4) is 0 Å². The molecular weight excluding hydrogens is 391 g/mol. The molecule has 1 N–H and O–H groups in total. The van der Waals surface area contributed by atoms with Gasteiger partial charge in [-0.15, -0.1) is 0 Å². The minimum Gasteiger partial charge on any atom is -0.311 e. The van der Waals surface area contributed by atoms with Gasteiger partial charge >= 0.3 is 10.2 Å². The first-order valence-corrected chi connectivity index (χ1v) is 9.64. The second kappa shape index (κ2) is 5.41. The Morgan fingerprint density at radius 1 is 1.11 bits per heavy atom. The molecule has 146 valence electrons. The molecule has 0 aliphatic heterocycles. The van der Waals surface area contributed by atoms with Gasteiger partial charge in [-0.1, -0.05) is 31.6 Å². The number of benzene rings is 1. The van der Waals surface area contributed by atoms with Gasteiger partial charge in [0.1, 0.15) is 10.7 Å². The monoisotopic (exact) mass is 406 g/mol. The second-order valence-corrected chi connectivity index (χ2v) is 8.55. The zero-order valence-electron chi connectivity index (χ0n) is 14.2. The zero-order chi connectivity index (χ0) is 20.1. The smallest absolute Gasteiger partial charge is 0.310 e. The highest BCUT2D eigenvalue weighted by molar-refractivity contribution is 8.45. The lowest BCUT2D eigenvalue weighted by atomic mass is 10.1. The van der Waals surface area contributed by atoms with E-state index in [2.05, 4.69) is 15.1 Å². The van der Waals surface area contributed by atoms with E-state index in [-0.39, 0.29) is 5.56 Å². The molecule has 0 saturated heterocycles. The quantitative estimate of drug-likeness (QED) is 0.605. The van der Waals surface area contributed by atoms with Gasteiger partial charge in [-0.25, -0.2) is 4.98 Å². The van der Waals surface area contributed by atoms with Gasteiger partial charge in [0, 0.05) is 17.8 Å². The molecule has 3 rings (SSSR count). The fourth-order valence-electron chi connectivity index (χ4n) is 2.57. The van der Waals surface area contributed by atoms with Crippen molar-refractivity contribution in [2.45, 2.75) is 24.8 Å². The van der Waals surface area contributed by atoms with Gasteiger partial charge in [-0.05, 0) is 31.5 Å². The first-order valence-electron chi connectivity index (χ1n) is 7.69. The van der Waals surface area contributed by atoms with Gasteiger partial charge in [0.2, 0.25) is 0 Å². The summed E-state index contributed by atoms with van der Waals surface area (Å²) in [7, 11) is -9.69. The van der Waals surface area contributed by atoms with Crippen molar-refractivity contribution in [2.24, 2.45) is 0 Å². The number of halogens is 5. The van der Waals surface area contributed by atoms with Gasteiger partial charge in [0.25, 0.3) is 5.56 Å². The van der Waals surface area contributed by atoms with Crippen molar-refractivity contribution in [2.75, 3.05) is 0 Å². The van der Waals surface area contributed by atoms with E-state index < -0.39 is 21.2 Å². The predicted octanol–water partition coefficient (Wildman–Crippen LogP) is 5.21. The third-order valence-corrected chi connectivity index (χ3v) is 5.13. The molecule has 0 bridgehead atoms. The molecule has 1 aromatic carbocycles. The average molecular weight is 406 g/mol. The van der Waals surface area contributed by atoms with Gasteiger partial charge < -0.3 is 4.98 Å². The van der Waals surface area contributed by atoms with Crippen molar-refractivity contribution in [3.05, 3.63) is 64.5 Å². The molecule has 2 heterocycles. The molecule has 0 spiro atoms. The maximum atomic E-state index is 12.8. The Morgan fingerprint density at radius 3 is 2.30 bits per heavy atom. The summed E-state index contributed by atoms with van der Waals surface area (Å²) in [5.74, 6) is 0.421. The molecule has 0 fully saturated rings. The van der Waals surface area contributed by atoms with E-state index in [1.54, 1.807) is 20.0 Å². The van der Waals surface area contributed by atoms with Crippen LogP contribution >= 0.6 is 10.2 Å². The van der Waals surface area contributed by atoms with Crippen LogP contribution in [0, 0.1) is 6.92 Å². The molecule has 0 unspecified atom stereocenters. The highest BCUT2D eigenvalue weighted by Gasteiger charge is 2.65. The first kappa shape index (κ1) is 19.1. The maximum absolute atomic E-state index is 12.8. The second-order valence-electron chi connectivity index (χ2n) is 6.14. The average Bonchev–Trinajstić information content (AvgIpc) is 3.01. The largest absolute Gasteiger partial charge is 0.311 e. The van der Waals surface area contributed by atoms with E-state index in [0.717, 1.165) is 12.1 Å². The minimum atomic E-state index is -9.69. The Balaban J connectivity index is 1.90. The molecule has 0 radical (unpaired) electrons. The van der Waals surface area contributed by atoms with Crippen molar-refractivity contribution >= 4 is 10.2 Å². The molecule has 3 aromatic rings. The summed E-state index contributed by atoms with van der Waals surface area (Å²) in [4.78, 5) is 16.3. The molecular formula is C16H15F5N4OS. The van der Waals surface area contributed by atoms with Crippen LogP contribution in [-0.4, -0.2) is 19.7 Å². The lowest BCUT2D eigenvalue weighted by Gasteiger charge is -2.40. The molecule has 0 aliphatic rings. The summed E-state index contributed by atoms with van der Waals surface area (Å²) < 4.78 is 65.5. The molecule has 0 aliphatic carbocycles. The van der Waals surface area contributed by atoms with Crippen molar-refractivity contribution in [1.29, 1.82) is 0 Å². The SMILES string of the molecule is Cc1nc(-c2cnn([C@@H](C)c3ccc(S(F)(F)(F)(F)F)cc3)c2)cc(=O)[nH]1. The predicted molar refractivity (Wildman–Crippen MR) is 92.5 cm³/mol. The highest BCUT2D eigenvalue weighted by Crippen LogP contribution is 3.02. The van der Waals surface area contributed by atoms with Crippen molar-refractivity contribution in [1.82, 2.24) is 19.7 Å². The maximum Gasteiger partial charge on any atom is 0.310 e. The zero-order valence-corrected chi connectivity index (χ0v) is 15.0. The Labute approximate surface area is 150 Å². The summed E-state index contributed by atoms with van der Waals surface area (Å²) in [5.41, 5.74) is 0.973. The number of nitrogens with one attached hydrogen (secondary N) is 1. The fraction of sp³-hybridized carbons (Fsp3) is 0.188. The summed E-state index contributed by atoms with van der Waals surface area (Å²) >= 11 is 0. The number of aromatic amines is 1. The van der Waals surface area contributed by atoms with Crippen LogP contribution in [0.4, 0.5) is 19.4 Å². The Hall–Kier alpha value is -2.69. The van der Waals surface area contributed by atoms with E-state index >= 15 is 0 Å². The topological polar surface area (TPSA) is 63.6 Å². The molecule has 0 amide bonds. The molecule has 0 saturated carbocycles. The third-order valence-electron chi connectivity index (χ3n) is 3.96. The van der Waals surface area contributed by atoms with E-state index in [4.69, 9.17) is 0 Å². The van der Waals surface area contributed by atoms with Gasteiger partial charge in [0.05, 0.1) is 17.9 Å². The van der Waals surface area contributed by atoms with Crippen LogP contribution < -0.4 is 5.56 Å². The van der Waals surface area contributed by atoms with Gasteiger partial charge in [-0.3, -0.25) is 9.48 Å². The van der Waals surface area contributed by atoms with Crippen LogP contribution in [0.1, 0.15) is 24.4 Å². The van der Waals surface area contributed by atoms with Crippen molar-refractivity contribution in [3.63, 3.8) is 0 Å². The summed E-state index contributed by atoms with van der Waals surface area (Å²) in [5, 5.41) is 4.13. The Kier molecular flexibility index (Phi) is 3.82. The number of aromatic nitrogens is 4. The van der Waals surface area contributed by atoms with E-state index in [9.17, 15) is 24.2 Å². The molecule has 2 aromatic heterocycles. The lowest BCUT2D eigenvalue weighted by molar-refractivity contribution is 0.364. The molecule has 5 nitrogen and oxygen atoms in total. The van der Waals surface area contributed by atoms with Crippen LogP contribution in [-0.2, 0) is 0 Å². The van der Waals surface area contributed by atoms with Crippen LogP contribution in [0.25, 0.3) is 11.3 Å². The van der Waals surface area contributed by atoms with Crippen LogP contribution in [0.5, 0.6) is 0 Å². The number of rotatable bonds is 4. The minimum absolute atomic E-state index is 0.329. The van der Waals surface area contributed by atoms with Gasteiger partial charge in [-0.2, -0.15) is 5.10 Å². The molecule has 11 heteroatoms. The van der Waals surface area contributed by atoms with Crippen molar-refractivity contribution < 1.29 is 19.4 Å². The summed E-state index contributed by atoms with van der Waals surface area (Å²) in [6, 6.07) is 3.51. The normalized spacial score (nSPS) is 15.8. The number of hydrogen-bond acceptors (Lipinski definition) is 3. The third kappa shape index (κ3) is 4.18. The summed E-state index contributed by atoms with van der Waals surface area (Å²) in [6.45, 7) is 3.28. The highest BCUT2D eigenvalue weighted by atomic mass is 32.5. The van der Waals surface area contributed by atoms with Gasteiger partial charge in [0.15, 0.2) is 0 Å². The molecule has 27 heavy (non-hydrogen) atoms. The van der Waals surface area contributed by atoms with Crippen LogP contribution in [0.15, 0.2) is 52.4 Å². The van der Waals surface area contributed by atoms with Crippen molar-refractivity contribution in [3.8, 4) is 11.3 Å². The standard InChI is InChI=1S/C16H15F5N4OS/c1-10(12-3-5-14(6-4-12)27(17,18,19,20)21)25-9-13(8-22-25)15-7-16(26)24-11(2)23-15/h3-10H,1-2H3,(H,23,24,26)/t10-/m0/s1. The number of nitrogens with zero attached hydrogens (tertiary/aromatic N) is 3. The van der Waals surface area contributed by atoms with E-state index in [1.807, 2.05) is 0 Å². The molecule has 1 atom stereocenters. The summed E-state index contributed by atoms with van der Waals surface area (Å²) in [6.07, 6.45) is 3.03. The Bertz CT molecular complexity index is 1060.